The number of nitrogens with two attached hydrogens (primary N) is 1. The van der Waals surface area contributed by atoms with Gasteiger partial charge in [0.2, 0.25) is 11.8 Å². The van der Waals surface area contributed by atoms with Crippen molar-refractivity contribution in [2.24, 2.45) is 0 Å². The number of halogens is 1. The van der Waals surface area contributed by atoms with Crippen molar-refractivity contribution in [1.29, 1.82) is 0 Å². The minimum Gasteiger partial charge on any atom is -0.476 e. The van der Waals surface area contributed by atoms with Gasteiger partial charge in [0.15, 0.2) is 23.1 Å². The van der Waals surface area contributed by atoms with Crippen molar-refractivity contribution in [2.75, 3.05) is 32.2 Å². The number of hydrogen-bond acceptors (Lipinski definition) is 16. The third-order valence-corrected chi connectivity index (χ3v) is 10.5. The average Bonchev–Trinajstić information content (AvgIpc) is 3.59. The number of aromatic nitrogens is 4. The van der Waals surface area contributed by atoms with Gasteiger partial charge in [-0.25, -0.2) is 18.5 Å². The standard InChI is InChI=1S/C25H30FN5O12P2/c1-4-35-21-17-20(29-23(27)30-21)31(12-28-17)22-25(3,26)19-16(39-22)10-38-45(34,43-19)41-14-7-5-6-13(8-14)40-44(33)37-9-15-18(42-44)24(2,32)11-36-15/h5-8,12,15-16,18-19,22,32H,4,9-11H2,1-3H3,(H2,27,29,30)/t15-,16-,18-,19-,22-,24+,25-,44?,45?/m1/s1. The summed E-state index contributed by atoms with van der Waals surface area (Å²) in [5.41, 5.74) is 2.59. The SMILES string of the molecule is CCOc1nc(N)nc2c1ncn2[C@@H]1O[C@@H]2COP(=O)(Oc3cccc(OP4(=O)OC[C@H]5OC[C@](C)(O)[C@@H]5O4)c3)O[C@H]2[C@@]1(C)F. The molecule has 7 rings (SSSR count). The van der Waals surface area contributed by atoms with Crippen LogP contribution < -0.4 is 19.5 Å². The van der Waals surface area contributed by atoms with Crippen LogP contribution >= 0.6 is 15.6 Å². The summed E-state index contributed by atoms with van der Waals surface area (Å²) in [4.78, 5) is 12.5. The number of nitrogens with zero attached hydrogens (tertiary/aromatic N) is 4. The number of aliphatic hydroxyl groups is 1. The summed E-state index contributed by atoms with van der Waals surface area (Å²) in [5.74, 6) is -0.0795. The molecule has 4 aliphatic rings. The second-order valence-corrected chi connectivity index (χ2v) is 14.3. The van der Waals surface area contributed by atoms with E-state index in [1.54, 1.807) is 6.92 Å². The fraction of sp³-hybridized carbons (Fsp3) is 0.560. The molecule has 4 aliphatic heterocycles. The van der Waals surface area contributed by atoms with Crippen LogP contribution in [0.15, 0.2) is 30.6 Å². The fourth-order valence-electron chi connectivity index (χ4n) is 5.60. The van der Waals surface area contributed by atoms with Gasteiger partial charge in [-0.15, -0.1) is 0 Å². The van der Waals surface area contributed by atoms with E-state index in [9.17, 15) is 14.2 Å². The van der Waals surface area contributed by atoms with Gasteiger partial charge in [-0.1, -0.05) is 6.07 Å². The van der Waals surface area contributed by atoms with Gasteiger partial charge in [-0.2, -0.15) is 9.97 Å². The van der Waals surface area contributed by atoms with Gasteiger partial charge in [-0.3, -0.25) is 22.7 Å². The molecule has 0 aliphatic carbocycles. The minimum absolute atomic E-state index is 0.0212. The van der Waals surface area contributed by atoms with Crippen LogP contribution in [-0.2, 0) is 36.7 Å². The van der Waals surface area contributed by atoms with Crippen molar-refractivity contribution >= 4 is 32.8 Å². The number of rotatable bonds is 7. The molecule has 9 atom stereocenters. The van der Waals surface area contributed by atoms with Gasteiger partial charge in [0.1, 0.15) is 41.5 Å². The first-order valence-electron chi connectivity index (χ1n) is 14.0. The molecular weight excluding hydrogens is 643 g/mol. The van der Waals surface area contributed by atoms with E-state index >= 15 is 4.39 Å². The van der Waals surface area contributed by atoms with Crippen molar-refractivity contribution in [3.63, 3.8) is 0 Å². The van der Waals surface area contributed by atoms with E-state index in [0.29, 0.717) is 6.61 Å². The highest BCUT2D eigenvalue weighted by molar-refractivity contribution is 7.49. The highest BCUT2D eigenvalue weighted by atomic mass is 31.2. The third kappa shape index (κ3) is 5.47. The number of benzene rings is 1. The summed E-state index contributed by atoms with van der Waals surface area (Å²) in [6.45, 7) is 4.30. The lowest BCUT2D eigenvalue weighted by atomic mass is 9.98. The molecule has 4 fully saturated rings. The van der Waals surface area contributed by atoms with E-state index in [4.69, 9.17) is 47.1 Å². The molecule has 3 aromatic rings. The topological polar surface area (TPSA) is 207 Å². The molecule has 4 saturated heterocycles. The number of phosphoric ester groups is 2. The van der Waals surface area contributed by atoms with Crippen LogP contribution in [0.4, 0.5) is 10.3 Å². The molecule has 1 aromatic carbocycles. The Labute approximate surface area is 255 Å². The maximum Gasteiger partial charge on any atom is 0.530 e. The Morgan fingerprint density at radius 1 is 1.09 bits per heavy atom. The van der Waals surface area contributed by atoms with Crippen molar-refractivity contribution in [3.05, 3.63) is 30.6 Å². The first-order valence-corrected chi connectivity index (χ1v) is 16.9. The molecule has 17 nitrogen and oxygen atoms in total. The van der Waals surface area contributed by atoms with E-state index in [1.807, 2.05) is 0 Å². The third-order valence-electron chi connectivity index (χ3n) is 7.68. The second kappa shape index (κ2) is 10.8. The zero-order chi connectivity index (χ0) is 31.8. The number of ether oxygens (including phenoxy) is 3. The predicted octanol–water partition coefficient (Wildman–Crippen LogP) is 3.09. The Hall–Kier alpha value is -2.92. The first-order chi connectivity index (χ1) is 21.3. The van der Waals surface area contributed by atoms with Crippen LogP contribution in [-0.4, -0.2) is 86.7 Å². The summed E-state index contributed by atoms with van der Waals surface area (Å²) in [5, 5.41) is 10.5. The Kier molecular flexibility index (Phi) is 7.39. The van der Waals surface area contributed by atoms with Gasteiger partial charge >= 0.3 is 15.6 Å². The van der Waals surface area contributed by atoms with Gasteiger partial charge in [-0.05, 0) is 32.9 Å². The second-order valence-electron chi connectivity index (χ2n) is 11.2. The zero-order valence-electron chi connectivity index (χ0n) is 24.2. The maximum absolute atomic E-state index is 16.5. The molecule has 0 radical (unpaired) electrons. The zero-order valence-corrected chi connectivity index (χ0v) is 26.0. The summed E-state index contributed by atoms with van der Waals surface area (Å²) in [6, 6.07) is 5.55. The highest BCUT2D eigenvalue weighted by Gasteiger charge is 2.62. The van der Waals surface area contributed by atoms with Crippen LogP contribution in [0.1, 0.15) is 27.0 Å². The number of hydrogen-bond donors (Lipinski definition) is 2. The van der Waals surface area contributed by atoms with E-state index < -0.39 is 57.6 Å². The van der Waals surface area contributed by atoms with Gasteiger partial charge in [0, 0.05) is 6.07 Å². The van der Waals surface area contributed by atoms with Crippen molar-refractivity contribution < 1.29 is 60.0 Å². The summed E-state index contributed by atoms with van der Waals surface area (Å²) in [6.07, 6.45) is -3.92. The lowest BCUT2D eigenvalue weighted by Crippen LogP contribution is -2.46. The molecular formula is C25H30FN5O12P2. The van der Waals surface area contributed by atoms with Gasteiger partial charge in [0.25, 0.3) is 0 Å². The molecule has 6 heterocycles. The summed E-state index contributed by atoms with van der Waals surface area (Å²) in [7, 11) is -8.60. The molecule has 20 heteroatoms. The molecule has 0 bridgehead atoms. The number of fused-ring (bicyclic) bond motifs is 3. The average molecular weight is 673 g/mol. The van der Waals surface area contributed by atoms with Gasteiger partial charge < -0.3 is 34.1 Å². The van der Waals surface area contributed by atoms with E-state index in [1.165, 1.54) is 49.0 Å². The normalized spacial score (nSPS) is 39.4. The molecule has 0 spiro atoms. The molecule has 45 heavy (non-hydrogen) atoms. The van der Waals surface area contributed by atoms with E-state index in [-0.39, 0.29) is 54.3 Å². The fourth-order valence-corrected chi connectivity index (χ4v) is 8.57. The number of anilines is 1. The Balaban J connectivity index is 1.07. The smallest absolute Gasteiger partial charge is 0.476 e. The highest BCUT2D eigenvalue weighted by Crippen LogP contribution is 2.60. The van der Waals surface area contributed by atoms with Crippen molar-refractivity contribution in [3.8, 4) is 17.4 Å². The molecule has 244 valence electrons. The summed E-state index contributed by atoms with van der Waals surface area (Å²) < 4.78 is 94.5. The molecule has 0 amide bonds. The number of imidazole rings is 1. The van der Waals surface area contributed by atoms with Crippen LogP contribution in [0.5, 0.6) is 17.4 Å². The predicted molar refractivity (Wildman–Crippen MR) is 149 cm³/mol. The number of alkyl halides is 1. The quantitative estimate of drug-likeness (QED) is 0.346. The molecule has 0 saturated carbocycles. The van der Waals surface area contributed by atoms with Gasteiger partial charge in [0.05, 0.1) is 32.8 Å². The Bertz CT molecular complexity index is 1720. The summed E-state index contributed by atoms with van der Waals surface area (Å²) >= 11 is 0. The van der Waals surface area contributed by atoms with Crippen LogP contribution in [0.2, 0.25) is 0 Å². The monoisotopic (exact) mass is 673 g/mol. The number of phosphoric acid groups is 2. The number of nitrogen functional groups attached to an aromatic ring is 1. The Morgan fingerprint density at radius 2 is 1.76 bits per heavy atom. The minimum atomic E-state index is -4.42. The van der Waals surface area contributed by atoms with E-state index in [2.05, 4.69) is 15.0 Å². The molecule has 2 unspecified atom stereocenters. The van der Waals surface area contributed by atoms with E-state index in [0.717, 1.165) is 0 Å². The van der Waals surface area contributed by atoms with Crippen LogP contribution in [0, 0.1) is 0 Å². The first kappa shape index (κ1) is 30.7. The van der Waals surface area contributed by atoms with Crippen LogP contribution in [0.3, 0.4) is 0 Å². The lowest BCUT2D eigenvalue weighted by molar-refractivity contribution is -0.0692. The largest absolute Gasteiger partial charge is 0.530 e. The molecule has 2 aromatic heterocycles. The van der Waals surface area contributed by atoms with Crippen molar-refractivity contribution in [1.82, 2.24) is 19.5 Å². The van der Waals surface area contributed by atoms with Crippen LogP contribution in [0.25, 0.3) is 11.2 Å². The molecule has 3 N–H and O–H groups in total. The Morgan fingerprint density at radius 3 is 2.44 bits per heavy atom. The lowest BCUT2D eigenvalue weighted by Gasteiger charge is -2.34. The van der Waals surface area contributed by atoms with Crippen molar-refractivity contribution in [2.45, 2.75) is 62.7 Å². The maximum atomic E-state index is 16.5.